The molecule has 0 amide bonds. The average Bonchev–Trinajstić information content (AvgIpc) is 3.26. The van der Waals surface area contributed by atoms with Crippen LogP contribution in [-0.2, 0) is 9.53 Å². The van der Waals surface area contributed by atoms with Gasteiger partial charge in [-0.1, -0.05) is 51.3 Å². The Hall–Kier alpha value is -2.27. The molecule has 6 heteroatoms. The predicted molar refractivity (Wildman–Crippen MR) is 110 cm³/mol. The third-order valence-electron chi connectivity index (χ3n) is 3.98. The molecular weight excluding hydrogens is 451 g/mol. The molecule has 0 N–H and O–H groups in total. The number of ether oxygens (including phenoxy) is 1. The molecule has 0 radical (unpaired) electrons. The fourth-order valence-corrected chi connectivity index (χ4v) is 3.20. The van der Waals surface area contributed by atoms with Crippen molar-refractivity contribution in [2.45, 2.75) is 0 Å². The van der Waals surface area contributed by atoms with Gasteiger partial charge in [-0.2, -0.15) is 0 Å². The van der Waals surface area contributed by atoms with Gasteiger partial charge in [0.2, 0.25) is 0 Å². The molecule has 1 aliphatic rings. The third-order valence-corrected chi connectivity index (χ3v) is 5.25. The van der Waals surface area contributed by atoms with Gasteiger partial charge < -0.3 is 9.15 Å². The largest absolute Gasteiger partial charge is 0.457 e. The number of benzene rings is 2. The van der Waals surface area contributed by atoms with Crippen LogP contribution in [0.1, 0.15) is 11.3 Å². The topological polar surface area (TPSA) is 39.4 Å². The first-order chi connectivity index (χ1) is 13.0. The maximum absolute atomic E-state index is 12.2. The lowest BCUT2D eigenvalue weighted by Crippen LogP contribution is -1.96. The van der Waals surface area contributed by atoms with E-state index in [1.807, 2.05) is 36.4 Å². The van der Waals surface area contributed by atoms with E-state index in [0.29, 0.717) is 32.9 Å². The van der Waals surface area contributed by atoms with Crippen LogP contribution < -0.4 is 0 Å². The van der Waals surface area contributed by atoms with Gasteiger partial charge in [0.05, 0.1) is 15.6 Å². The van der Waals surface area contributed by atoms with Gasteiger partial charge in [-0.15, -0.1) is 0 Å². The highest BCUT2D eigenvalue weighted by Gasteiger charge is 2.22. The molecule has 0 aliphatic carbocycles. The minimum atomic E-state index is -0.416. The van der Waals surface area contributed by atoms with Gasteiger partial charge in [0.15, 0.2) is 0 Å². The van der Waals surface area contributed by atoms with Crippen molar-refractivity contribution in [1.29, 1.82) is 0 Å². The summed E-state index contributed by atoms with van der Waals surface area (Å²) in [4.78, 5) is 12.2. The molecule has 1 aromatic heterocycles. The summed E-state index contributed by atoms with van der Waals surface area (Å²) in [7, 11) is 0. The molecule has 1 aliphatic heterocycles. The molecule has 2 aromatic carbocycles. The Morgan fingerprint density at radius 1 is 0.889 bits per heavy atom. The highest BCUT2D eigenvalue weighted by molar-refractivity contribution is 9.10. The smallest absolute Gasteiger partial charge is 0.343 e. The van der Waals surface area contributed by atoms with Crippen LogP contribution in [0.15, 0.2) is 75.1 Å². The Morgan fingerprint density at radius 2 is 1.63 bits per heavy atom. The average molecular weight is 462 g/mol. The number of halogens is 3. The van der Waals surface area contributed by atoms with Gasteiger partial charge in [0.25, 0.3) is 0 Å². The lowest BCUT2D eigenvalue weighted by molar-refractivity contribution is -0.130. The van der Waals surface area contributed by atoms with Gasteiger partial charge in [-0.25, -0.2) is 4.79 Å². The van der Waals surface area contributed by atoms with Crippen molar-refractivity contribution in [3.8, 4) is 11.3 Å². The third kappa shape index (κ3) is 3.88. The number of carbonyl (C=O) groups is 1. The zero-order chi connectivity index (χ0) is 19.0. The predicted octanol–water partition coefficient (Wildman–Crippen LogP) is 7.00. The summed E-state index contributed by atoms with van der Waals surface area (Å²) in [5.74, 6) is 1.26. The summed E-state index contributed by atoms with van der Waals surface area (Å²) in [5, 5.41) is 0.931. The summed E-state index contributed by atoms with van der Waals surface area (Å²) >= 11 is 15.4. The monoisotopic (exact) mass is 460 g/mol. The van der Waals surface area contributed by atoms with E-state index in [2.05, 4.69) is 15.9 Å². The van der Waals surface area contributed by atoms with Crippen LogP contribution in [0.5, 0.6) is 0 Å². The molecule has 0 atom stereocenters. The number of furan rings is 1. The molecule has 0 saturated carbocycles. The molecule has 0 fully saturated rings. The molecule has 27 heavy (non-hydrogen) atoms. The summed E-state index contributed by atoms with van der Waals surface area (Å²) < 4.78 is 12.1. The van der Waals surface area contributed by atoms with Crippen LogP contribution in [0.2, 0.25) is 10.0 Å². The molecular formula is C21H11BrCl2O3. The quantitative estimate of drug-likeness (QED) is 0.311. The molecule has 134 valence electrons. The Morgan fingerprint density at radius 3 is 2.37 bits per heavy atom. The number of cyclic esters (lactones) is 1. The second-order valence-corrected chi connectivity index (χ2v) is 7.57. The Bertz CT molecular complexity index is 1090. The molecule has 3 nitrogen and oxygen atoms in total. The molecule has 3 aromatic rings. The minimum Gasteiger partial charge on any atom is -0.457 e. The van der Waals surface area contributed by atoms with Gasteiger partial charge in [0.1, 0.15) is 17.3 Å². The maximum Gasteiger partial charge on any atom is 0.343 e. The molecule has 4 rings (SSSR count). The zero-order valence-electron chi connectivity index (χ0n) is 13.7. The first-order valence-electron chi connectivity index (χ1n) is 7.96. The SMILES string of the molecule is O=C1OC(c2ccc(Br)cc2)=C/C1=C/c1ccc(-c2ccc(Cl)c(Cl)c2)o1. The minimum absolute atomic E-state index is 0.416. The van der Waals surface area contributed by atoms with E-state index in [9.17, 15) is 4.79 Å². The highest BCUT2D eigenvalue weighted by Crippen LogP contribution is 2.32. The molecule has 2 heterocycles. The lowest BCUT2D eigenvalue weighted by Gasteiger charge is -2.01. The molecule has 0 saturated heterocycles. The van der Waals surface area contributed by atoms with Crippen molar-refractivity contribution < 1.29 is 13.9 Å². The fourth-order valence-electron chi connectivity index (χ4n) is 2.63. The summed E-state index contributed by atoms with van der Waals surface area (Å²) in [6.45, 7) is 0. The van der Waals surface area contributed by atoms with Crippen molar-refractivity contribution >= 4 is 56.9 Å². The Balaban J connectivity index is 1.61. The van der Waals surface area contributed by atoms with E-state index < -0.39 is 5.97 Å². The van der Waals surface area contributed by atoms with Crippen LogP contribution in [0.25, 0.3) is 23.2 Å². The molecule has 0 spiro atoms. The zero-order valence-corrected chi connectivity index (χ0v) is 16.8. The van der Waals surface area contributed by atoms with E-state index in [1.165, 1.54) is 0 Å². The number of hydrogen-bond acceptors (Lipinski definition) is 3. The normalized spacial score (nSPS) is 15.1. The number of hydrogen-bond donors (Lipinski definition) is 0. The summed E-state index contributed by atoms with van der Waals surface area (Å²) in [6.07, 6.45) is 3.35. The van der Waals surface area contributed by atoms with Gasteiger partial charge in [0, 0.05) is 15.6 Å². The molecule has 0 unspecified atom stereocenters. The van der Waals surface area contributed by atoms with Crippen LogP contribution in [-0.4, -0.2) is 5.97 Å². The van der Waals surface area contributed by atoms with Crippen molar-refractivity contribution in [3.63, 3.8) is 0 Å². The van der Waals surface area contributed by atoms with Crippen LogP contribution >= 0.6 is 39.1 Å². The van der Waals surface area contributed by atoms with Crippen molar-refractivity contribution in [1.82, 2.24) is 0 Å². The Labute approximate surface area is 174 Å². The standard InChI is InChI=1S/C21H11BrCl2O3/c22-15-4-1-12(2-5-15)20-11-14(21(25)27-20)9-16-6-8-19(26-16)13-3-7-17(23)18(24)10-13/h1-11H/b14-9-. The lowest BCUT2D eigenvalue weighted by atomic mass is 10.1. The highest BCUT2D eigenvalue weighted by atomic mass is 79.9. The van der Waals surface area contributed by atoms with E-state index in [0.717, 1.165) is 15.6 Å². The first kappa shape index (κ1) is 18.1. The van der Waals surface area contributed by atoms with Crippen molar-refractivity contribution in [2.24, 2.45) is 0 Å². The van der Waals surface area contributed by atoms with E-state index in [1.54, 1.807) is 30.4 Å². The number of rotatable bonds is 3. The van der Waals surface area contributed by atoms with Gasteiger partial charge >= 0.3 is 5.97 Å². The van der Waals surface area contributed by atoms with Crippen LogP contribution in [0.3, 0.4) is 0 Å². The Kier molecular flexibility index (Phi) is 4.96. The summed E-state index contributed by atoms with van der Waals surface area (Å²) in [5.41, 5.74) is 2.04. The van der Waals surface area contributed by atoms with E-state index >= 15 is 0 Å². The maximum atomic E-state index is 12.2. The number of esters is 1. The first-order valence-corrected chi connectivity index (χ1v) is 9.51. The van der Waals surface area contributed by atoms with Gasteiger partial charge in [-0.05, 0) is 54.6 Å². The van der Waals surface area contributed by atoms with Crippen molar-refractivity contribution in [2.75, 3.05) is 0 Å². The van der Waals surface area contributed by atoms with Crippen LogP contribution in [0.4, 0.5) is 0 Å². The van der Waals surface area contributed by atoms with E-state index in [-0.39, 0.29) is 0 Å². The second kappa shape index (κ2) is 7.39. The fraction of sp³-hybridized carbons (Fsp3) is 0. The number of carbonyl (C=O) groups excluding carboxylic acids is 1. The second-order valence-electron chi connectivity index (χ2n) is 5.84. The van der Waals surface area contributed by atoms with Crippen LogP contribution in [0, 0.1) is 0 Å². The van der Waals surface area contributed by atoms with Gasteiger partial charge in [-0.3, -0.25) is 0 Å². The molecule has 0 bridgehead atoms. The summed E-state index contributed by atoms with van der Waals surface area (Å²) in [6, 6.07) is 16.4. The van der Waals surface area contributed by atoms with E-state index in [4.69, 9.17) is 32.4 Å². The van der Waals surface area contributed by atoms with Crippen molar-refractivity contribution in [3.05, 3.63) is 92.1 Å².